The number of anilines is 1. The van der Waals surface area contributed by atoms with Crippen LogP contribution in [0.15, 0.2) is 48.5 Å². The smallest absolute Gasteiger partial charge is 0.222 e. The van der Waals surface area contributed by atoms with E-state index < -0.39 is 0 Å². The van der Waals surface area contributed by atoms with E-state index in [4.69, 9.17) is 11.6 Å². The average Bonchev–Trinajstić information content (AvgIpc) is 2.69. The molecule has 1 amide bonds. The summed E-state index contributed by atoms with van der Waals surface area (Å²) in [6.07, 6.45) is 2.41. The molecule has 1 aliphatic heterocycles. The molecule has 0 saturated carbocycles. The molecule has 1 saturated heterocycles. The molecule has 2 aromatic carbocycles. The maximum atomic E-state index is 12.5. The first kappa shape index (κ1) is 20.7. The summed E-state index contributed by atoms with van der Waals surface area (Å²) < 4.78 is 0. The van der Waals surface area contributed by atoms with E-state index in [2.05, 4.69) is 48.2 Å². The number of hydrogen-bond donors (Lipinski definition) is 0. The van der Waals surface area contributed by atoms with Crippen molar-refractivity contribution in [1.29, 1.82) is 0 Å². The molecule has 5 heteroatoms. The summed E-state index contributed by atoms with van der Waals surface area (Å²) in [5.74, 6) is 0.273. The Bertz CT molecular complexity index is 768. The SMILES string of the molecule is CN(C)Cc1cccc(N2CCN(C(=O)CCCc3ccc(Cl)cc3)CC2)c1. The molecule has 0 spiro atoms. The fourth-order valence-corrected chi connectivity index (χ4v) is 3.81. The number of halogens is 1. The highest BCUT2D eigenvalue weighted by molar-refractivity contribution is 6.30. The summed E-state index contributed by atoms with van der Waals surface area (Å²) in [6.45, 7) is 4.35. The van der Waals surface area contributed by atoms with Crippen molar-refractivity contribution in [2.45, 2.75) is 25.8 Å². The van der Waals surface area contributed by atoms with E-state index in [0.29, 0.717) is 6.42 Å². The number of carbonyl (C=O) groups is 1. The molecule has 0 radical (unpaired) electrons. The number of carbonyl (C=O) groups excluding carboxylic acids is 1. The quantitative estimate of drug-likeness (QED) is 0.702. The molecular formula is C23H30ClN3O. The number of piperazine rings is 1. The predicted molar refractivity (Wildman–Crippen MR) is 117 cm³/mol. The summed E-state index contributed by atoms with van der Waals surface area (Å²) in [7, 11) is 4.17. The molecule has 1 aliphatic rings. The molecule has 28 heavy (non-hydrogen) atoms. The maximum absolute atomic E-state index is 12.5. The highest BCUT2D eigenvalue weighted by atomic mass is 35.5. The summed E-state index contributed by atoms with van der Waals surface area (Å²) in [4.78, 5) is 19.1. The van der Waals surface area contributed by atoms with Gasteiger partial charge in [0.1, 0.15) is 0 Å². The Balaban J connectivity index is 1.44. The van der Waals surface area contributed by atoms with Gasteiger partial charge in [-0.05, 0) is 62.3 Å². The first-order valence-electron chi connectivity index (χ1n) is 10.0. The van der Waals surface area contributed by atoms with Crippen LogP contribution >= 0.6 is 11.6 Å². The minimum atomic E-state index is 0.273. The average molecular weight is 400 g/mol. The van der Waals surface area contributed by atoms with E-state index in [1.807, 2.05) is 29.2 Å². The molecule has 4 nitrogen and oxygen atoms in total. The van der Waals surface area contributed by atoms with Crippen LogP contribution < -0.4 is 4.90 Å². The molecule has 1 heterocycles. The van der Waals surface area contributed by atoms with Crippen molar-refractivity contribution in [3.05, 3.63) is 64.7 Å². The van der Waals surface area contributed by atoms with Crippen LogP contribution in [-0.2, 0) is 17.8 Å². The second kappa shape index (κ2) is 9.94. The molecule has 0 bridgehead atoms. The largest absolute Gasteiger partial charge is 0.368 e. The fourth-order valence-electron chi connectivity index (χ4n) is 3.68. The zero-order valence-corrected chi connectivity index (χ0v) is 17.7. The van der Waals surface area contributed by atoms with Crippen LogP contribution in [0.1, 0.15) is 24.0 Å². The van der Waals surface area contributed by atoms with Crippen LogP contribution in [0.25, 0.3) is 0 Å². The number of amides is 1. The Hall–Kier alpha value is -2.04. The first-order chi connectivity index (χ1) is 13.5. The summed E-state index contributed by atoms with van der Waals surface area (Å²) >= 11 is 5.92. The Morgan fingerprint density at radius 3 is 2.39 bits per heavy atom. The van der Waals surface area contributed by atoms with Crippen molar-refractivity contribution in [3.63, 3.8) is 0 Å². The van der Waals surface area contributed by atoms with Gasteiger partial charge in [-0.25, -0.2) is 0 Å². The number of benzene rings is 2. The van der Waals surface area contributed by atoms with Crippen molar-refractivity contribution < 1.29 is 4.79 Å². The zero-order chi connectivity index (χ0) is 19.9. The number of hydrogen-bond acceptors (Lipinski definition) is 3. The van der Waals surface area contributed by atoms with Gasteiger partial charge in [0, 0.05) is 49.9 Å². The maximum Gasteiger partial charge on any atom is 0.222 e. The first-order valence-corrected chi connectivity index (χ1v) is 10.4. The van der Waals surface area contributed by atoms with Crippen LogP contribution in [0, 0.1) is 0 Å². The Morgan fingerprint density at radius 2 is 1.71 bits per heavy atom. The van der Waals surface area contributed by atoms with Crippen molar-refractivity contribution in [2.75, 3.05) is 45.2 Å². The lowest BCUT2D eigenvalue weighted by Crippen LogP contribution is -2.48. The predicted octanol–water partition coefficient (Wildman–Crippen LogP) is 4.07. The van der Waals surface area contributed by atoms with Crippen LogP contribution in [0.3, 0.4) is 0 Å². The van der Waals surface area contributed by atoms with Crippen molar-refractivity contribution in [1.82, 2.24) is 9.80 Å². The third-order valence-corrected chi connectivity index (χ3v) is 5.43. The topological polar surface area (TPSA) is 26.8 Å². The van der Waals surface area contributed by atoms with Crippen molar-refractivity contribution in [2.24, 2.45) is 0 Å². The highest BCUT2D eigenvalue weighted by Gasteiger charge is 2.21. The lowest BCUT2D eigenvalue weighted by molar-refractivity contribution is -0.131. The van der Waals surface area contributed by atoms with Crippen LogP contribution in [0.2, 0.25) is 5.02 Å². The van der Waals surface area contributed by atoms with Gasteiger partial charge in [0.05, 0.1) is 0 Å². The van der Waals surface area contributed by atoms with Crippen LogP contribution in [0.4, 0.5) is 5.69 Å². The van der Waals surface area contributed by atoms with Gasteiger partial charge in [-0.2, -0.15) is 0 Å². The number of aryl methyl sites for hydroxylation is 1. The molecule has 0 aromatic heterocycles. The van der Waals surface area contributed by atoms with E-state index in [0.717, 1.165) is 50.6 Å². The summed E-state index contributed by atoms with van der Waals surface area (Å²) in [5.41, 5.74) is 3.82. The lowest BCUT2D eigenvalue weighted by Gasteiger charge is -2.36. The van der Waals surface area contributed by atoms with E-state index >= 15 is 0 Å². The van der Waals surface area contributed by atoms with E-state index in [-0.39, 0.29) is 5.91 Å². The molecule has 3 rings (SSSR count). The molecule has 150 valence electrons. The Morgan fingerprint density at radius 1 is 1.00 bits per heavy atom. The molecule has 2 aromatic rings. The second-order valence-corrected chi connectivity index (χ2v) is 8.19. The van der Waals surface area contributed by atoms with Gasteiger partial charge in [-0.3, -0.25) is 4.79 Å². The lowest BCUT2D eigenvalue weighted by atomic mass is 10.1. The summed E-state index contributed by atoms with van der Waals surface area (Å²) in [5, 5.41) is 0.755. The fraction of sp³-hybridized carbons (Fsp3) is 0.435. The van der Waals surface area contributed by atoms with Crippen molar-refractivity contribution in [3.8, 4) is 0 Å². The normalized spacial score (nSPS) is 14.6. The van der Waals surface area contributed by atoms with Crippen molar-refractivity contribution >= 4 is 23.2 Å². The summed E-state index contributed by atoms with van der Waals surface area (Å²) in [6, 6.07) is 16.6. The van der Waals surface area contributed by atoms with Crippen LogP contribution in [0.5, 0.6) is 0 Å². The highest BCUT2D eigenvalue weighted by Crippen LogP contribution is 2.19. The molecule has 0 N–H and O–H groups in total. The third kappa shape index (κ3) is 5.98. The minimum absolute atomic E-state index is 0.273. The molecule has 1 fully saturated rings. The van der Waals surface area contributed by atoms with Crippen LogP contribution in [-0.4, -0.2) is 56.0 Å². The third-order valence-electron chi connectivity index (χ3n) is 5.18. The molecular weight excluding hydrogens is 370 g/mol. The van der Waals surface area contributed by atoms with E-state index in [1.165, 1.54) is 16.8 Å². The zero-order valence-electron chi connectivity index (χ0n) is 16.9. The van der Waals surface area contributed by atoms with E-state index in [1.54, 1.807) is 0 Å². The van der Waals surface area contributed by atoms with Gasteiger partial charge < -0.3 is 14.7 Å². The molecule has 0 unspecified atom stereocenters. The second-order valence-electron chi connectivity index (χ2n) is 7.76. The van der Waals surface area contributed by atoms with Gasteiger partial charge in [-0.1, -0.05) is 35.9 Å². The Labute approximate surface area is 173 Å². The van der Waals surface area contributed by atoms with Gasteiger partial charge in [-0.15, -0.1) is 0 Å². The molecule has 0 atom stereocenters. The van der Waals surface area contributed by atoms with Gasteiger partial charge in [0.15, 0.2) is 0 Å². The van der Waals surface area contributed by atoms with Gasteiger partial charge in [0.25, 0.3) is 0 Å². The molecule has 0 aliphatic carbocycles. The minimum Gasteiger partial charge on any atom is -0.368 e. The van der Waals surface area contributed by atoms with Gasteiger partial charge in [0.2, 0.25) is 5.91 Å². The number of rotatable bonds is 7. The Kier molecular flexibility index (Phi) is 7.35. The number of nitrogens with zero attached hydrogens (tertiary/aromatic N) is 3. The van der Waals surface area contributed by atoms with E-state index in [9.17, 15) is 4.79 Å². The van der Waals surface area contributed by atoms with Gasteiger partial charge >= 0.3 is 0 Å². The standard InChI is InChI=1S/C23H30ClN3O/c1-25(2)18-20-6-3-7-22(17-20)26-13-15-27(16-14-26)23(28)8-4-5-19-9-11-21(24)12-10-19/h3,6-7,9-12,17H,4-5,8,13-16,18H2,1-2H3. The monoisotopic (exact) mass is 399 g/mol.